The van der Waals surface area contributed by atoms with Crippen molar-refractivity contribution >= 4 is 28.0 Å². The van der Waals surface area contributed by atoms with Crippen molar-refractivity contribution in [1.82, 2.24) is 4.57 Å². The Labute approximate surface area is 281 Å². The van der Waals surface area contributed by atoms with Gasteiger partial charge in [-0.1, -0.05) is 125 Å². The van der Waals surface area contributed by atoms with Gasteiger partial charge in [-0.2, -0.15) is 4.58 Å². The Balaban J connectivity index is 0.00000103. The molecule has 1 saturated carbocycles. The average Bonchev–Trinajstić information content (AvgIpc) is 3.51. The smallest absolute Gasteiger partial charge is 0.208 e. The zero-order chi connectivity index (χ0) is 33.7. The van der Waals surface area contributed by atoms with Crippen molar-refractivity contribution < 1.29 is 14.1 Å². The lowest BCUT2D eigenvalue weighted by Gasteiger charge is -2.27. The maximum absolute atomic E-state index is 14.3. The van der Waals surface area contributed by atoms with E-state index in [1.807, 2.05) is 31.3 Å². The molecule has 3 aromatic rings. The maximum atomic E-state index is 14.3. The highest BCUT2D eigenvalue weighted by Gasteiger charge is 2.46. The van der Waals surface area contributed by atoms with Crippen LogP contribution in [0, 0.1) is 11.3 Å². The summed E-state index contributed by atoms with van der Waals surface area (Å²) in [7, 11) is 3.70. The Bertz CT molecular complexity index is 1840. The predicted octanol–water partition coefficient (Wildman–Crippen LogP) is 10.3. The van der Waals surface area contributed by atoms with Crippen molar-refractivity contribution in [2.75, 3.05) is 14.2 Å². The van der Waals surface area contributed by atoms with Gasteiger partial charge < -0.3 is 9.30 Å². The molecule has 0 saturated heterocycles. The SMILES string of the molecule is C=CC1=C(C=C)C(C)(C)C(/C=C2\C(=O)C(c3c(-c4ccccc4)n(CCC4CCCCC4)c4ccccc34)=C2OC)=[N+]1C.C=CC=C. The van der Waals surface area contributed by atoms with Gasteiger partial charge in [0.15, 0.2) is 5.71 Å². The molecule has 4 heteroatoms. The average molecular weight is 626 g/mol. The van der Waals surface area contributed by atoms with Crippen LogP contribution in [-0.2, 0) is 16.1 Å². The molecule has 1 aliphatic heterocycles. The van der Waals surface area contributed by atoms with Crippen LogP contribution in [0.15, 0.2) is 134 Å². The Hall–Kier alpha value is -4.70. The molecule has 2 aliphatic carbocycles. The Morgan fingerprint density at radius 3 is 2.19 bits per heavy atom. The number of Topliss-reactive ketones (excluding diaryl/α,β-unsaturated/α-hetero) is 1. The van der Waals surface area contributed by atoms with Crippen LogP contribution in [0.4, 0.5) is 0 Å². The molecule has 2 aromatic carbocycles. The standard InChI is InChI=1S/C39H43N2O2.C4H6/c1-7-30-31(8-2)40(5)33(39(30,3)4)25-29-37(42)35(38(29)43-6)34-28-21-15-16-22-32(28)41(24-23-26-17-11-9-12-18-26)36(34)27-19-13-10-14-20-27;1-3-4-2/h7-8,10,13-16,19-22,25-26H,1-2,9,11-12,17-18,23-24H2,3-6H3;3-4H,1-2H2/q+1;. The monoisotopic (exact) mass is 625 g/mol. The van der Waals surface area contributed by atoms with E-state index in [2.05, 4.69) is 97.8 Å². The van der Waals surface area contributed by atoms with Gasteiger partial charge in [-0.05, 0) is 37.8 Å². The molecular weight excluding hydrogens is 576 g/mol. The number of likely N-dealkylation sites (N-methyl/N-ethyl adjacent to an activating group) is 1. The molecule has 47 heavy (non-hydrogen) atoms. The number of rotatable bonds is 10. The van der Waals surface area contributed by atoms with E-state index in [1.165, 1.54) is 37.6 Å². The third-order valence-electron chi connectivity index (χ3n) is 10.1. The van der Waals surface area contributed by atoms with E-state index in [1.54, 1.807) is 19.3 Å². The molecule has 0 bridgehead atoms. The molecule has 2 heterocycles. The fraction of sp³-hybridized carbons (Fsp3) is 0.302. The zero-order valence-corrected chi connectivity index (χ0v) is 28.6. The topological polar surface area (TPSA) is 34.2 Å². The molecule has 4 nitrogen and oxygen atoms in total. The highest BCUT2D eigenvalue weighted by molar-refractivity contribution is 6.42. The molecule has 0 radical (unpaired) electrons. The minimum atomic E-state index is -0.327. The molecular formula is C43H49N2O2+. The summed E-state index contributed by atoms with van der Waals surface area (Å²) in [6, 6.07) is 19.1. The lowest BCUT2D eigenvalue weighted by molar-refractivity contribution is -0.435. The van der Waals surface area contributed by atoms with E-state index in [9.17, 15) is 4.79 Å². The first-order chi connectivity index (χ1) is 22.7. The quantitative estimate of drug-likeness (QED) is 0.128. The number of carbonyl (C=O) groups is 1. The number of ketones is 1. The van der Waals surface area contributed by atoms with E-state index in [-0.39, 0.29) is 11.2 Å². The summed E-state index contributed by atoms with van der Waals surface area (Å²) in [5.41, 5.74) is 8.44. The number of para-hydroxylation sites is 1. The minimum Gasteiger partial charge on any atom is -0.495 e. The fourth-order valence-corrected chi connectivity index (χ4v) is 7.66. The number of carbonyl (C=O) groups excluding carboxylic acids is 1. The van der Waals surface area contributed by atoms with Crippen molar-refractivity contribution in [1.29, 1.82) is 0 Å². The number of aromatic nitrogens is 1. The van der Waals surface area contributed by atoms with Gasteiger partial charge >= 0.3 is 0 Å². The summed E-state index contributed by atoms with van der Waals surface area (Å²) in [4.78, 5) is 14.3. The number of hydrogen-bond acceptors (Lipinski definition) is 2. The van der Waals surface area contributed by atoms with Gasteiger partial charge in [0.05, 0.1) is 29.4 Å². The molecule has 0 N–H and O–H groups in total. The van der Waals surface area contributed by atoms with Crippen molar-refractivity contribution in [3.63, 3.8) is 0 Å². The summed E-state index contributed by atoms with van der Waals surface area (Å²) in [5.74, 6) is 1.43. The number of ether oxygens (including phenoxy) is 1. The minimum absolute atomic E-state index is 0.0214. The van der Waals surface area contributed by atoms with Crippen LogP contribution in [0.3, 0.4) is 0 Å². The number of aryl methyl sites for hydroxylation is 1. The second-order valence-electron chi connectivity index (χ2n) is 13.1. The fourth-order valence-electron chi connectivity index (χ4n) is 7.66. The van der Waals surface area contributed by atoms with Crippen molar-refractivity contribution in [3.8, 4) is 11.3 Å². The molecule has 0 atom stereocenters. The molecule has 1 fully saturated rings. The van der Waals surface area contributed by atoms with Crippen LogP contribution < -0.4 is 0 Å². The molecule has 242 valence electrons. The second-order valence-corrected chi connectivity index (χ2v) is 13.1. The summed E-state index contributed by atoms with van der Waals surface area (Å²) < 4.78 is 10.6. The number of benzene rings is 2. The first-order valence-electron chi connectivity index (χ1n) is 16.8. The van der Waals surface area contributed by atoms with Crippen LogP contribution in [0.25, 0.3) is 27.7 Å². The largest absolute Gasteiger partial charge is 0.495 e. The van der Waals surface area contributed by atoms with Crippen LogP contribution in [0.1, 0.15) is 57.9 Å². The van der Waals surface area contributed by atoms with Crippen LogP contribution >= 0.6 is 0 Å². The van der Waals surface area contributed by atoms with Crippen molar-refractivity contribution in [2.24, 2.45) is 11.3 Å². The summed E-state index contributed by atoms with van der Waals surface area (Å²) >= 11 is 0. The van der Waals surface area contributed by atoms with Gasteiger partial charge in [0.1, 0.15) is 12.8 Å². The Kier molecular flexibility index (Phi) is 10.3. The second kappa shape index (κ2) is 14.4. The summed E-state index contributed by atoms with van der Waals surface area (Å²) in [6.07, 6.45) is 16.9. The number of allylic oxidation sites excluding steroid dienone is 8. The Morgan fingerprint density at radius 2 is 1.60 bits per heavy atom. The maximum Gasteiger partial charge on any atom is 0.208 e. The molecule has 6 rings (SSSR count). The van der Waals surface area contributed by atoms with Gasteiger partial charge in [0.2, 0.25) is 11.5 Å². The number of fused-ring (bicyclic) bond motifs is 1. The summed E-state index contributed by atoms with van der Waals surface area (Å²) in [6.45, 7) is 20.1. The molecule has 0 spiro atoms. The zero-order valence-electron chi connectivity index (χ0n) is 28.6. The number of nitrogens with zero attached hydrogens (tertiary/aromatic N) is 2. The molecule has 1 aromatic heterocycles. The molecule has 0 amide bonds. The third kappa shape index (κ3) is 6.10. The van der Waals surface area contributed by atoms with Gasteiger partial charge in [-0.3, -0.25) is 4.79 Å². The summed E-state index contributed by atoms with van der Waals surface area (Å²) in [5, 5.41) is 1.09. The number of hydrogen-bond donors (Lipinski definition) is 0. The predicted molar refractivity (Wildman–Crippen MR) is 198 cm³/mol. The molecule has 3 aliphatic rings. The van der Waals surface area contributed by atoms with Gasteiger partial charge in [-0.25, -0.2) is 0 Å². The van der Waals surface area contributed by atoms with Crippen molar-refractivity contribution in [2.45, 2.75) is 58.9 Å². The van der Waals surface area contributed by atoms with E-state index >= 15 is 0 Å². The van der Waals surface area contributed by atoms with Crippen LogP contribution in [0.2, 0.25) is 0 Å². The van der Waals surface area contributed by atoms with Gasteiger partial charge in [-0.15, -0.1) is 0 Å². The van der Waals surface area contributed by atoms with Gasteiger partial charge in [0.25, 0.3) is 0 Å². The lowest BCUT2D eigenvalue weighted by Crippen LogP contribution is -2.29. The van der Waals surface area contributed by atoms with Crippen molar-refractivity contribution in [3.05, 3.63) is 139 Å². The normalized spacial score (nSPS) is 18.6. The van der Waals surface area contributed by atoms with E-state index in [4.69, 9.17) is 4.74 Å². The Morgan fingerprint density at radius 1 is 0.936 bits per heavy atom. The first-order valence-corrected chi connectivity index (χ1v) is 16.8. The molecule has 0 unspecified atom stereocenters. The van der Waals surface area contributed by atoms with E-state index < -0.39 is 0 Å². The van der Waals surface area contributed by atoms with Crippen LogP contribution in [-0.4, -0.2) is 34.8 Å². The highest BCUT2D eigenvalue weighted by Crippen LogP contribution is 2.48. The third-order valence-corrected chi connectivity index (χ3v) is 10.1. The van der Waals surface area contributed by atoms with E-state index in [0.717, 1.165) is 58.1 Å². The first kappa shape index (κ1) is 33.7. The van der Waals surface area contributed by atoms with Crippen LogP contribution in [0.5, 0.6) is 0 Å². The number of methoxy groups -OCH3 is 1. The lowest BCUT2D eigenvalue weighted by atomic mass is 9.76. The highest BCUT2D eigenvalue weighted by atomic mass is 16.5. The van der Waals surface area contributed by atoms with E-state index in [0.29, 0.717) is 16.9 Å². The van der Waals surface area contributed by atoms with Gasteiger partial charge in [0, 0.05) is 40.7 Å².